The Labute approximate surface area is 191 Å². The van der Waals surface area contributed by atoms with E-state index in [4.69, 9.17) is 8.83 Å². The summed E-state index contributed by atoms with van der Waals surface area (Å²) in [6.07, 6.45) is 2.14. The number of nitrogens with zero attached hydrogens (tertiary/aromatic N) is 4. The van der Waals surface area contributed by atoms with Gasteiger partial charge >= 0.3 is 0 Å². The van der Waals surface area contributed by atoms with Crippen LogP contribution in [0.5, 0.6) is 0 Å². The van der Waals surface area contributed by atoms with Crippen LogP contribution in [0.25, 0.3) is 11.0 Å². The van der Waals surface area contributed by atoms with Gasteiger partial charge in [0.1, 0.15) is 23.1 Å². The van der Waals surface area contributed by atoms with Crippen LogP contribution >= 0.6 is 0 Å². The van der Waals surface area contributed by atoms with Crippen LogP contribution in [-0.4, -0.2) is 78.7 Å². The third-order valence-electron chi connectivity index (χ3n) is 6.22. The third kappa shape index (κ3) is 4.55. The normalized spacial score (nSPS) is 19.7. The number of para-hydroxylation sites is 1. The Bertz CT molecular complexity index is 1130. The number of hydrogen-bond acceptors (Lipinski definition) is 7. The number of nitrogens with one attached hydrogen (secondary N) is 1. The van der Waals surface area contributed by atoms with Gasteiger partial charge in [-0.3, -0.25) is 19.4 Å². The lowest BCUT2D eigenvalue weighted by atomic mass is 10.1. The van der Waals surface area contributed by atoms with Crippen molar-refractivity contribution in [2.45, 2.75) is 12.5 Å². The summed E-state index contributed by atoms with van der Waals surface area (Å²) in [6.45, 7) is 3.59. The van der Waals surface area contributed by atoms with E-state index < -0.39 is 0 Å². The van der Waals surface area contributed by atoms with Gasteiger partial charge in [-0.05, 0) is 24.3 Å². The molecular formula is C24H27N5O4. The number of carbonyl (C=O) groups is 2. The average molecular weight is 450 g/mol. The minimum Gasteiger partial charge on any atom is -0.467 e. The molecule has 0 aliphatic carbocycles. The van der Waals surface area contributed by atoms with Gasteiger partial charge in [0.05, 0.1) is 19.4 Å². The lowest BCUT2D eigenvalue weighted by Crippen LogP contribution is -2.51. The molecule has 0 saturated carbocycles. The maximum atomic E-state index is 13.3. The Morgan fingerprint density at radius 2 is 1.82 bits per heavy atom. The molecule has 2 aromatic heterocycles. The quantitative estimate of drug-likeness (QED) is 0.619. The summed E-state index contributed by atoms with van der Waals surface area (Å²) >= 11 is 0. The van der Waals surface area contributed by atoms with Crippen molar-refractivity contribution in [1.82, 2.24) is 20.1 Å². The molecule has 0 spiro atoms. The summed E-state index contributed by atoms with van der Waals surface area (Å²) < 4.78 is 11.6. The smallest absolute Gasteiger partial charge is 0.257 e. The van der Waals surface area contributed by atoms with Gasteiger partial charge in [0.15, 0.2) is 5.76 Å². The number of benzene rings is 1. The van der Waals surface area contributed by atoms with E-state index in [2.05, 4.69) is 20.2 Å². The second-order valence-corrected chi connectivity index (χ2v) is 8.39. The number of rotatable bonds is 6. The lowest BCUT2D eigenvalue weighted by Gasteiger charge is -2.34. The van der Waals surface area contributed by atoms with Crippen molar-refractivity contribution < 1.29 is 18.4 Å². The molecule has 1 aromatic carbocycles. The van der Waals surface area contributed by atoms with Crippen molar-refractivity contribution in [3.8, 4) is 0 Å². The Morgan fingerprint density at radius 1 is 1.06 bits per heavy atom. The highest BCUT2D eigenvalue weighted by Crippen LogP contribution is 2.34. The van der Waals surface area contributed by atoms with E-state index >= 15 is 0 Å². The first-order valence-corrected chi connectivity index (χ1v) is 11.2. The lowest BCUT2D eigenvalue weighted by molar-refractivity contribution is -0.135. The summed E-state index contributed by atoms with van der Waals surface area (Å²) in [4.78, 5) is 29.1. The summed E-state index contributed by atoms with van der Waals surface area (Å²) in [7, 11) is 1.64. The number of hydrogen-bond donors (Lipinski definition) is 1. The zero-order valence-electron chi connectivity index (χ0n) is 18.6. The van der Waals surface area contributed by atoms with E-state index in [-0.39, 0.29) is 24.4 Å². The molecule has 9 nitrogen and oxygen atoms in total. The molecular weight excluding hydrogens is 422 g/mol. The van der Waals surface area contributed by atoms with Crippen LogP contribution in [0.2, 0.25) is 0 Å². The first kappa shape index (κ1) is 21.4. The molecule has 1 saturated heterocycles. The molecule has 172 valence electrons. The molecule has 2 aliphatic rings. The fraction of sp³-hybridized carbons (Fsp3) is 0.375. The van der Waals surface area contributed by atoms with Crippen molar-refractivity contribution in [3.63, 3.8) is 0 Å². The second kappa shape index (κ2) is 9.21. The average Bonchev–Trinajstić information content (AvgIpc) is 3.58. The van der Waals surface area contributed by atoms with Crippen LogP contribution < -0.4 is 5.32 Å². The molecule has 0 bridgehead atoms. The van der Waals surface area contributed by atoms with Crippen LogP contribution in [0.15, 0.2) is 62.7 Å². The van der Waals surface area contributed by atoms with Crippen molar-refractivity contribution >= 4 is 28.5 Å². The molecule has 2 amide bonds. The van der Waals surface area contributed by atoms with E-state index in [0.717, 1.165) is 42.9 Å². The van der Waals surface area contributed by atoms with Gasteiger partial charge in [-0.15, -0.1) is 0 Å². The van der Waals surface area contributed by atoms with E-state index in [1.165, 1.54) is 5.01 Å². The van der Waals surface area contributed by atoms with Crippen molar-refractivity contribution in [2.24, 2.45) is 5.10 Å². The van der Waals surface area contributed by atoms with Crippen LogP contribution in [0.1, 0.15) is 24.0 Å². The zero-order chi connectivity index (χ0) is 22.8. The number of piperazine rings is 1. The molecule has 5 rings (SSSR count). The van der Waals surface area contributed by atoms with E-state index in [0.29, 0.717) is 24.5 Å². The Balaban J connectivity index is 1.30. The minimum atomic E-state index is -0.301. The molecule has 9 heteroatoms. The van der Waals surface area contributed by atoms with Gasteiger partial charge in [0.2, 0.25) is 5.91 Å². The Hall–Kier alpha value is -3.43. The summed E-state index contributed by atoms with van der Waals surface area (Å²) in [6, 6.07) is 13.2. The first-order chi connectivity index (χ1) is 16.1. The molecule has 2 aliphatic heterocycles. The highest BCUT2D eigenvalue weighted by atomic mass is 16.3. The van der Waals surface area contributed by atoms with Gasteiger partial charge in [-0.2, -0.15) is 5.10 Å². The van der Waals surface area contributed by atoms with Gasteiger partial charge in [0.25, 0.3) is 5.91 Å². The highest BCUT2D eigenvalue weighted by Gasteiger charge is 2.36. The fourth-order valence-electron chi connectivity index (χ4n) is 4.37. The van der Waals surface area contributed by atoms with Crippen molar-refractivity contribution in [1.29, 1.82) is 0 Å². The van der Waals surface area contributed by atoms with Crippen LogP contribution in [0, 0.1) is 0 Å². The molecule has 3 aromatic rings. The van der Waals surface area contributed by atoms with Crippen molar-refractivity contribution in [2.75, 3.05) is 46.3 Å². The molecule has 1 N–H and O–H groups in total. The molecule has 0 unspecified atom stereocenters. The number of furan rings is 2. The monoisotopic (exact) mass is 449 g/mol. The molecule has 0 radical (unpaired) electrons. The van der Waals surface area contributed by atoms with Crippen molar-refractivity contribution in [3.05, 3.63) is 60.2 Å². The summed E-state index contributed by atoms with van der Waals surface area (Å²) in [5.74, 6) is 1.30. The van der Waals surface area contributed by atoms with Crippen LogP contribution in [-0.2, 0) is 9.59 Å². The molecule has 1 fully saturated rings. The number of hydrazone groups is 1. The highest BCUT2D eigenvalue weighted by molar-refractivity contribution is 6.03. The summed E-state index contributed by atoms with van der Waals surface area (Å²) in [5, 5.41) is 9.87. The molecule has 4 heterocycles. The van der Waals surface area contributed by atoms with Crippen LogP contribution in [0.3, 0.4) is 0 Å². The van der Waals surface area contributed by atoms with Gasteiger partial charge in [-0.1, -0.05) is 18.2 Å². The van der Waals surface area contributed by atoms with E-state index in [9.17, 15) is 9.59 Å². The predicted molar refractivity (Wildman–Crippen MR) is 123 cm³/mol. The third-order valence-corrected chi connectivity index (χ3v) is 6.22. The number of fused-ring (bicyclic) bond motifs is 1. The molecule has 33 heavy (non-hydrogen) atoms. The topological polar surface area (TPSA) is 94.5 Å². The van der Waals surface area contributed by atoms with Gasteiger partial charge in [-0.25, -0.2) is 5.01 Å². The molecule has 1 atom stereocenters. The van der Waals surface area contributed by atoms with E-state index in [1.54, 1.807) is 13.3 Å². The van der Waals surface area contributed by atoms with Crippen LogP contribution in [0.4, 0.5) is 0 Å². The fourth-order valence-corrected chi connectivity index (χ4v) is 4.37. The Morgan fingerprint density at radius 3 is 2.52 bits per heavy atom. The second-order valence-electron chi connectivity index (χ2n) is 8.39. The zero-order valence-corrected chi connectivity index (χ0v) is 18.6. The maximum Gasteiger partial charge on any atom is 0.257 e. The standard InChI is InChI=1S/C24H27N5O4/c1-25-23(30)15-27-8-10-28(11-9-27)16-24(31)29-19(21-7-4-12-32-21)14-18(26-29)22-13-17-5-2-3-6-20(17)33-22/h2-7,12-13,19H,8-11,14-16H2,1H3,(H,25,30)/t19-/m0/s1. The number of amides is 2. The number of carbonyl (C=O) groups excluding carboxylic acids is 2. The Kier molecular flexibility index (Phi) is 5.97. The predicted octanol–water partition coefficient (Wildman–Crippen LogP) is 2.07. The minimum absolute atomic E-state index is 0.00494. The van der Waals surface area contributed by atoms with Gasteiger partial charge in [0, 0.05) is 45.0 Å². The SMILES string of the molecule is CNC(=O)CN1CCN(CC(=O)N2N=C(c3cc4ccccc4o3)C[C@H]2c2ccco2)CC1. The largest absolute Gasteiger partial charge is 0.467 e. The van der Waals surface area contributed by atoms with E-state index in [1.807, 2.05) is 42.5 Å². The van der Waals surface area contributed by atoms with Gasteiger partial charge < -0.3 is 14.2 Å². The number of likely N-dealkylation sites (N-methyl/N-ethyl adjacent to an activating group) is 1. The maximum absolute atomic E-state index is 13.3. The summed E-state index contributed by atoms with van der Waals surface area (Å²) in [5.41, 5.74) is 1.53. The first-order valence-electron chi connectivity index (χ1n) is 11.2.